The van der Waals surface area contributed by atoms with Crippen LogP contribution < -0.4 is 0 Å². The first-order chi connectivity index (χ1) is 18.6. The molecule has 7 heteroatoms. The zero-order valence-corrected chi connectivity index (χ0v) is 21.3. The van der Waals surface area contributed by atoms with Crippen molar-refractivity contribution in [3.63, 3.8) is 0 Å². The molecule has 4 aromatic heterocycles. The van der Waals surface area contributed by atoms with E-state index in [2.05, 4.69) is 60.9 Å². The van der Waals surface area contributed by atoms with Crippen molar-refractivity contribution in [2.75, 3.05) is 19.6 Å². The Kier molecular flexibility index (Phi) is 6.43. The van der Waals surface area contributed by atoms with Gasteiger partial charge < -0.3 is 4.98 Å². The fraction of sp³-hybridized carbons (Fsp3) is 0.194. The summed E-state index contributed by atoms with van der Waals surface area (Å²) in [7, 11) is 0. The highest BCUT2D eigenvalue weighted by Gasteiger charge is 2.16. The van der Waals surface area contributed by atoms with Gasteiger partial charge in [-0.15, -0.1) is 0 Å². The van der Waals surface area contributed by atoms with Crippen molar-refractivity contribution in [3.8, 4) is 22.5 Å². The summed E-state index contributed by atoms with van der Waals surface area (Å²) < 4.78 is 13.5. The number of hydrogen-bond donors (Lipinski definition) is 2. The van der Waals surface area contributed by atoms with E-state index in [0.717, 1.165) is 69.6 Å². The van der Waals surface area contributed by atoms with E-state index in [0.29, 0.717) is 5.65 Å². The Morgan fingerprint density at radius 1 is 1.08 bits per heavy atom. The van der Waals surface area contributed by atoms with E-state index in [9.17, 15) is 4.39 Å². The van der Waals surface area contributed by atoms with E-state index in [-0.39, 0.29) is 5.82 Å². The summed E-state index contributed by atoms with van der Waals surface area (Å²) in [6.07, 6.45) is 14.3. The molecule has 1 aliphatic rings. The van der Waals surface area contributed by atoms with Crippen LogP contribution in [0.2, 0.25) is 0 Å². The molecule has 1 fully saturated rings. The first-order valence-corrected chi connectivity index (χ1v) is 12.9. The Labute approximate surface area is 220 Å². The second kappa shape index (κ2) is 10.2. The largest absolute Gasteiger partial charge is 0.352 e. The van der Waals surface area contributed by atoms with Crippen LogP contribution >= 0.6 is 0 Å². The molecule has 0 unspecified atom stereocenters. The number of H-pyrrole nitrogens is 2. The number of halogens is 1. The normalized spacial score (nSPS) is 15.1. The molecule has 190 valence electrons. The van der Waals surface area contributed by atoms with Gasteiger partial charge in [0.25, 0.3) is 0 Å². The van der Waals surface area contributed by atoms with Gasteiger partial charge in [0.05, 0.1) is 23.1 Å². The topological polar surface area (TPSA) is 73.5 Å². The zero-order valence-electron chi connectivity index (χ0n) is 21.3. The Balaban J connectivity index is 1.38. The molecule has 1 aliphatic heterocycles. The van der Waals surface area contributed by atoms with Crippen LogP contribution in [0.4, 0.5) is 4.39 Å². The summed E-state index contributed by atoms with van der Waals surface area (Å²) >= 11 is 0. The van der Waals surface area contributed by atoms with Gasteiger partial charge in [0.1, 0.15) is 5.82 Å². The third-order valence-corrected chi connectivity index (χ3v) is 7.23. The summed E-state index contributed by atoms with van der Waals surface area (Å²) in [5, 5.41) is 9.56. The minimum atomic E-state index is -0.262. The maximum absolute atomic E-state index is 13.5. The maximum atomic E-state index is 13.5. The lowest BCUT2D eigenvalue weighted by molar-refractivity contribution is 0.371. The summed E-state index contributed by atoms with van der Waals surface area (Å²) in [5.41, 5.74) is 8.45. The molecule has 0 amide bonds. The highest BCUT2D eigenvalue weighted by Crippen LogP contribution is 2.34. The predicted molar refractivity (Wildman–Crippen MR) is 152 cm³/mol. The number of rotatable bonds is 7. The van der Waals surface area contributed by atoms with Crippen LogP contribution in [0, 0.1) is 5.82 Å². The van der Waals surface area contributed by atoms with Gasteiger partial charge in [0, 0.05) is 40.8 Å². The lowest BCUT2D eigenvalue weighted by Crippen LogP contribution is -2.21. The van der Waals surface area contributed by atoms with Gasteiger partial charge >= 0.3 is 0 Å². The molecule has 0 atom stereocenters. The number of pyridine rings is 2. The van der Waals surface area contributed by atoms with Crippen LogP contribution in [0.5, 0.6) is 0 Å². The average Bonchev–Trinajstić information content (AvgIpc) is 3.70. The molecule has 6 nitrogen and oxygen atoms in total. The van der Waals surface area contributed by atoms with Crippen LogP contribution in [-0.4, -0.2) is 49.7 Å². The number of allylic oxidation sites excluding steroid dienone is 3. The zero-order chi connectivity index (χ0) is 26.1. The molecule has 5 heterocycles. The molecule has 1 aromatic carbocycles. The van der Waals surface area contributed by atoms with Gasteiger partial charge in [-0.2, -0.15) is 5.10 Å². The van der Waals surface area contributed by atoms with Crippen molar-refractivity contribution < 1.29 is 4.39 Å². The van der Waals surface area contributed by atoms with E-state index in [1.54, 1.807) is 18.3 Å². The van der Waals surface area contributed by atoms with Crippen molar-refractivity contribution in [1.29, 1.82) is 0 Å². The fourth-order valence-corrected chi connectivity index (χ4v) is 5.21. The van der Waals surface area contributed by atoms with E-state index < -0.39 is 0 Å². The number of hydrogen-bond acceptors (Lipinski definition) is 4. The van der Waals surface area contributed by atoms with Crippen LogP contribution in [0.1, 0.15) is 25.3 Å². The number of benzene rings is 1. The van der Waals surface area contributed by atoms with E-state index in [4.69, 9.17) is 0 Å². The van der Waals surface area contributed by atoms with E-state index in [1.165, 1.54) is 30.5 Å². The number of nitrogens with one attached hydrogen (secondary N) is 2. The molecule has 0 radical (unpaired) electrons. The van der Waals surface area contributed by atoms with E-state index in [1.807, 2.05) is 25.4 Å². The van der Waals surface area contributed by atoms with E-state index >= 15 is 0 Å². The van der Waals surface area contributed by atoms with Crippen molar-refractivity contribution in [2.24, 2.45) is 0 Å². The lowest BCUT2D eigenvalue weighted by Gasteiger charge is -2.15. The average molecular weight is 505 g/mol. The quantitative estimate of drug-likeness (QED) is 0.236. The third-order valence-electron chi connectivity index (χ3n) is 7.23. The summed E-state index contributed by atoms with van der Waals surface area (Å²) in [4.78, 5) is 15.0. The molecule has 1 saturated heterocycles. The Hall–Kier alpha value is -4.36. The van der Waals surface area contributed by atoms with Crippen LogP contribution in [0.15, 0.2) is 85.4 Å². The maximum Gasteiger partial charge on any atom is 0.181 e. The SMILES string of the molecule is C=C/C(=C\C(=C/C)c1cnc2n[nH]c(-c3cc4c(-c5ccc(F)cc5)cncc4[nH]3)c2c1)CN1CCCC1. The number of likely N-dealkylation sites (tertiary alicyclic amines) is 1. The van der Waals surface area contributed by atoms with Crippen LogP contribution in [0.3, 0.4) is 0 Å². The molecule has 0 saturated carbocycles. The number of aromatic nitrogens is 5. The predicted octanol–water partition coefficient (Wildman–Crippen LogP) is 6.92. The molecular weight excluding hydrogens is 475 g/mol. The van der Waals surface area contributed by atoms with Crippen LogP contribution in [-0.2, 0) is 0 Å². The summed E-state index contributed by atoms with van der Waals surface area (Å²) in [6, 6.07) is 10.7. The molecule has 0 bridgehead atoms. The smallest absolute Gasteiger partial charge is 0.181 e. The number of fused-ring (bicyclic) bond motifs is 2. The van der Waals surface area contributed by atoms with Crippen molar-refractivity contribution >= 4 is 27.5 Å². The molecule has 5 aromatic rings. The fourth-order valence-electron chi connectivity index (χ4n) is 5.21. The Morgan fingerprint density at radius 2 is 1.89 bits per heavy atom. The van der Waals surface area contributed by atoms with Gasteiger partial charge in [0.15, 0.2) is 5.65 Å². The Morgan fingerprint density at radius 3 is 2.66 bits per heavy atom. The third kappa shape index (κ3) is 4.57. The van der Waals surface area contributed by atoms with Gasteiger partial charge in [-0.3, -0.25) is 15.0 Å². The molecule has 6 rings (SSSR count). The van der Waals surface area contributed by atoms with Gasteiger partial charge in [-0.25, -0.2) is 9.37 Å². The highest BCUT2D eigenvalue weighted by molar-refractivity contribution is 6.00. The summed E-state index contributed by atoms with van der Waals surface area (Å²) in [5.74, 6) is -0.262. The first kappa shape index (κ1) is 24.0. The monoisotopic (exact) mass is 504 g/mol. The van der Waals surface area contributed by atoms with Crippen LogP contribution in [0.25, 0.3) is 50.0 Å². The van der Waals surface area contributed by atoms with Gasteiger partial charge in [-0.1, -0.05) is 36.9 Å². The highest BCUT2D eigenvalue weighted by atomic mass is 19.1. The molecular formula is C31H29FN6. The minimum absolute atomic E-state index is 0.262. The molecule has 2 N–H and O–H groups in total. The van der Waals surface area contributed by atoms with Crippen molar-refractivity contribution in [1.82, 2.24) is 30.0 Å². The second-order valence-electron chi connectivity index (χ2n) is 9.68. The Bertz CT molecular complexity index is 1680. The van der Waals surface area contributed by atoms with Crippen molar-refractivity contribution in [2.45, 2.75) is 19.8 Å². The standard InChI is InChI=1S/C31H29FN6/c1-3-20(19-38-11-5-6-12-38)13-21(4-2)23-14-26-30(36-37-31(26)34-16-23)28-15-25-27(17-33-18-29(25)35-28)22-7-9-24(32)10-8-22/h3-4,7-10,13-18,35H,1,5-6,11-12,19H2,2H3,(H,34,36,37)/b20-13+,21-4+. The number of aromatic amines is 2. The van der Waals surface area contributed by atoms with Crippen molar-refractivity contribution in [3.05, 3.63) is 96.7 Å². The lowest BCUT2D eigenvalue weighted by atomic mass is 10.0. The minimum Gasteiger partial charge on any atom is -0.352 e. The second-order valence-corrected chi connectivity index (χ2v) is 9.68. The number of nitrogens with zero attached hydrogens (tertiary/aromatic N) is 4. The van der Waals surface area contributed by atoms with Gasteiger partial charge in [-0.05, 0) is 73.8 Å². The summed E-state index contributed by atoms with van der Waals surface area (Å²) in [6.45, 7) is 9.30. The van der Waals surface area contributed by atoms with Gasteiger partial charge in [0.2, 0.25) is 0 Å². The molecule has 0 spiro atoms. The first-order valence-electron chi connectivity index (χ1n) is 12.9. The molecule has 38 heavy (non-hydrogen) atoms. The molecule has 0 aliphatic carbocycles.